The molecule has 1 aliphatic carbocycles. The predicted octanol–water partition coefficient (Wildman–Crippen LogP) is 6.65. The van der Waals surface area contributed by atoms with Gasteiger partial charge >= 0.3 is 10.2 Å². The van der Waals surface area contributed by atoms with Crippen LogP contribution in [-0.2, 0) is 0 Å². The number of hydrogen-bond acceptors (Lipinski definition) is 4. The molecule has 196 valence electrons. The molecule has 2 aromatic heterocycles. The number of amides is 1. The standard InChI is InChI=1S/C24H27F5N4O2S/c25-36(26,27,28,29)19-7-3-17(4-8-19)24(35)33-13-10-15(11-14-33)20-9-12-30-23-21(20)31-22(32-23)16-1-5-18(34)6-2-16/h3-4,7-9,12,15-16,18,34H,1-2,5-6,10-11,13-14H2,(H,30,31,32). The molecule has 5 rings (SSSR count). The number of aromatic amines is 1. The molecular weight excluding hydrogens is 503 g/mol. The zero-order chi connectivity index (χ0) is 25.8. The van der Waals surface area contributed by atoms with Crippen molar-refractivity contribution in [1.82, 2.24) is 19.9 Å². The summed E-state index contributed by atoms with van der Waals surface area (Å²) < 4.78 is 64.8. The normalized spacial score (nSPS) is 23.9. The molecule has 1 aliphatic heterocycles. The highest BCUT2D eigenvalue weighted by Gasteiger charge is 2.65. The molecular formula is C24H27F5N4O2S. The van der Waals surface area contributed by atoms with Crippen molar-refractivity contribution in [1.29, 1.82) is 0 Å². The van der Waals surface area contributed by atoms with Crippen molar-refractivity contribution < 1.29 is 29.3 Å². The molecule has 0 bridgehead atoms. The molecule has 3 aromatic rings. The Balaban J connectivity index is 1.27. The number of piperidine rings is 1. The first kappa shape index (κ1) is 24.9. The fraction of sp³-hybridized carbons (Fsp3) is 0.458. The van der Waals surface area contributed by atoms with Gasteiger partial charge in [-0.15, -0.1) is 0 Å². The number of nitrogens with one attached hydrogen (secondary N) is 1. The SMILES string of the molecule is O=C(c1ccc(S(F)(F)(F)(F)F)cc1)N1CCC(c2ccnc3nc(C4CCC(O)CC4)[nH]c23)CC1. The number of carbonyl (C=O) groups is 1. The Bertz CT molecular complexity index is 1280. The van der Waals surface area contributed by atoms with E-state index in [0.29, 0.717) is 31.6 Å². The summed E-state index contributed by atoms with van der Waals surface area (Å²) in [6, 6.07) is 4.11. The van der Waals surface area contributed by atoms with Gasteiger partial charge < -0.3 is 15.0 Å². The van der Waals surface area contributed by atoms with Gasteiger partial charge in [0.25, 0.3) is 5.91 Å². The molecule has 2 aliphatic rings. The van der Waals surface area contributed by atoms with Crippen LogP contribution in [0.3, 0.4) is 0 Å². The van der Waals surface area contributed by atoms with Gasteiger partial charge in [0.15, 0.2) is 5.65 Å². The zero-order valence-corrected chi connectivity index (χ0v) is 20.2. The molecule has 1 amide bonds. The average molecular weight is 531 g/mol. The number of aromatic nitrogens is 3. The van der Waals surface area contributed by atoms with Crippen LogP contribution in [0.25, 0.3) is 11.2 Å². The molecule has 36 heavy (non-hydrogen) atoms. The maximum Gasteiger partial charge on any atom is 0.310 e. The second-order valence-electron chi connectivity index (χ2n) is 9.79. The quantitative estimate of drug-likeness (QED) is 0.370. The fourth-order valence-corrected chi connectivity index (χ4v) is 5.91. The number of pyridine rings is 1. The molecule has 0 unspecified atom stereocenters. The summed E-state index contributed by atoms with van der Waals surface area (Å²) in [5, 5.41) is 9.78. The Morgan fingerprint density at radius 3 is 2.17 bits per heavy atom. The molecule has 3 heterocycles. The van der Waals surface area contributed by atoms with E-state index < -0.39 is 21.0 Å². The van der Waals surface area contributed by atoms with Gasteiger partial charge in [-0.05, 0) is 80.3 Å². The lowest BCUT2D eigenvalue weighted by atomic mass is 9.87. The van der Waals surface area contributed by atoms with Gasteiger partial charge in [0.1, 0.15) is 10.7 Å². The highest BCUT2D eigenvalue weighted by molar-refractivity contribution is 8.45. The first-order chi connectivity index (χ1) is 16.8. The van der Waals surface area contributed by atoms with Gasteiger partial charge in [0.05, 0.1) is 11.6 Å². The van der Waals surface area contributed by atoms with E-state index in [0.717, 1.165) is 54.7 Å². The summed E-state index contributed by atoms with van der Waals surface area (Å²) in [5.74, 6) is 0.779. The van der Waals surface area contributed by atoms with Crippen LogP contribution in [0.4, 0.5) is 19.4 Å². The maximum absolute atomic E-state index is 13.0. The minimum atomic E-state index is -9.77. The molecule has 0 radical (unpaired) electrons. The Labute approximate surface area is 204 Å². The lowest BCUT2D eigenvalue weighted by molar-refractivity contribution is 0.0713. The van der Waals surface area contributed by atoms with Crippen LogP contribution in [0.2, 0.25) is 0 Å². The van der Waals surface area contributed by atoms with E-state index in [-0.39, 0.29) is 35.6 Å². The van der Waals surface area contributed by atoms with Crippen molar-refractivity contribution in [2.24, 2.45) is 0 Å². The first-order valence-electron chi connectivity index (χ1n) is 11.9. The molecule has 0 spiro atoms. The molecule has 12 heteroatoms. The van der Waals surface area contributed by atoms with Crippen LogP contribution >= 0.6 is 10.2 Å². The van der Waals surface area contributed by atoms with Crippen molar-refractivity contribution >= 4 is 27.3 Å². The largest absolute Gasteiger partial charge is 0.393 e. The topological polar surface area (TPSA) is 82.1 Å². The van der Waals surface area contributed by atoms with Crippen molar-refractivity contribution in [3.05, 3.63) is 53.5 Å². The molecule has 1 saturated carbocycles. The van der Waals surface area contributed by atoms with E-state index in [1.807, 2.05) is 6.07 Å². The Morgan fingerprint density at radius 2 is 1.56 bits per heavy atom. The molecule has 1 aromatic carbocycles. The Kier molecular flexibility index (Phi) is 5.64. The summed E-state index contributed by atoms with van der Waals surface area (Å²) in [7, 11) is -9.77. The van der Waals surface area contributed by atoms with Crippen LogP contribution in [-0.4, -0.2) is 50.1 Å². The average Bonchev–Trinajstić information content (AvgIpc) is 3.27. The van der Waals surface area contributed by atoms with E-state index in [2.05, 4.69) is 15.0 Å². The molecule has 1 saturated heterocycles. The van der Waals surface area contributed by atoms with Crippen molar-refractivity contribution in [2.45, 2.75) is 61.4 Å². The number of hydrogen-bond donors (Lipinski definition) is 2. The minimum absolute atomic E-state index is 0.0545. The van der Waals surface area contributed by atoms with E-state index in [1.165, 1.54) is 4.90 Å². The summed E-state index contributed by atoms with van der Waals surface area (Å²) in [6.45, 7) is 0.774. The third-order valence-electron chi connectivity index (χ3n) is 7.29. The van der Waals surface area contributed by atoms with Crippen LogP contribution < -0.4 is 0 Å². The second-order valence-corrected chi connectivity index (χ2v) is 12.2. The number of aliphatic hydroxyl groups excluding tert-OH is 1. The van der Waals surface area contributed by atoms with E-state index in [9.17, 15) is 29.3 Å². The zero-order valence-electron chi connectivity index (χ0n) is 19.3. The number of H-pyrrole nitrogens is 1. The molecule has 2 N–H and O–H groups in total. The van der Waals surface area contributed by atoms with Crippen molar-refractivity contribution in [2.75, 3.05) is 13.1 Å². The summed E-state index contributed by atoms with van der Waals surface area (Å²) in [6.07, 6.45) is 5.95. The van der Waals surface area contributed by atoms with Gasteiger partial charge in [-0.2, -0.15) is 0 Å². The number of halogens is 5. The smallest absolute Gasteiger partial charge is 0.310 e. The summed E-state index contributed by atoms with van der Waals surface area (Å²) in [4.78, 5) is 24.9. The van der Waals surface area contributed by atoms with Gasteiger partial charge in [0.2, 0.25) is 0 Å². The van der Waals surface area contributed by atoms with Crippen molar-refractivity contribution in [3.8, 4) is 0 Å². The number of imidazole rings is 1. The van der Waals surface area contributed by atoms with Gasteiger partial charge in [-0.1, -0.05) is 19.4 Å². The number of benzene rings is 1. The van der Waals surface area contributed by atoms with E-state index in [4.69, 9.17) is 0 Å². The summed E-state index contributed by atoms with van der Waals surface area (Å²) >= 11 is 0. The lowest BCUT2D eigenvalue weighted by Crippen LogP contribution is -2.38. The Hall–Kier alpha value is -2.73. The third-order valence-corrected chi connectivity index (χ3v) is 8.46. The second kappa shape index (κ2) is 8.14. The van der Waals surface area contributed by atoms with Gasteiger partial charge in [-0.25, -0.2) is 9.97 Å². The molecule has 6 nitrogen and oxygen atoms in total. The number of fused-ring (bicyclic) bond motifs is 1. The Morgan fingerprint density at radius 1 is 0.917 bits per heavy atom. The highest BCUT2D eigenvalue weighted by Crippen LogP contribution is 3.02. The third kappa shape index (κ3) is 5.06. The van der Waals surface area contributed by atoms with E-state index >= 15 is 0 Å². The summed E-state index contributed by atoms with van der Waals surface area (Å²) in [5.41, 5.74) is 2.51. The number of nitrogens with zero attached hydrogens (tertiary/aromatic N) is 3. The van der Waals surface area contributed by atoms with Crippen LogP contribution in [0.1, 0.15) is 72.1 Å². The minimum Gasteiger partial charge on any atom is -0.393 e. The maximum atomic E-state index is 13.0. The monoisotopic (exact) mass is 530 g/mol. The first-order valence-corrected chi connectivity index (χ1v) is 13.9. The van der Waals surface area contributed by atoms with Crippen LogP contribution in [0.5, 0.6) is 0 Å². The number of likely N-dealkylation sites (tertiary alicyclic amines) is 1. The van der Waals surface area contributed by atoms with Gasteiger partial charge in [-0.3, -0.25) is 4.79 Å². The lowest BCUT2D eigenvalue weighted by Gasteiger charge is -2.40. The van der Waals surface area contributed by atoms with E-state index in [1.54, 1.807) is 6.20 Å². The van der Waals surface area contributed by atoms with Crippen molar-refractivity contribution in [3.63, 3.8) is 0 Å². The molecule has 2 fully saturated rings. The number of rotatable bonds is 4. The van der Waals surface area contributed by atoms with Crippen LogP contribution in [0.15, 0.2) is 41.4 Å². The number of aliphatic hydroxyl groups is 1. The highest BCUT2D eigenvalue weighted by atomic mass is 32.5. The predicted molar refractivity (Wildman–Crippen MR) is 127 cm³/mol. The fourth-order valence-electron chi connectivity index (χ4n) is 5.26. The van der Waals surface area contributed by atoms with Crippen LogP contribution in [0, 0.1) is 0 Å². The molecule has 0 atom stereocenters. The number of carbonyl (C=O) groups excluding carboxylic acids is 1. The van der Waals surface area contributed by atoms with Gasteiger partial charge in [0, 0.05) is 30.8 Å².